The summed E-state index contributed by atoms with van der Waals surface area (Å²) in [7, 11) is 0. The van der Waals surface area contributed by atoms with E-state index >= 15 is 0 Å². The van der Waals surface area contributed by atoms with Crippen molar-refractivity contribution < 1.29 is 28.6 Å². The minimum Gasteiger partial charge on any atom is -0.493 e. The zero-order valence-electron chi connectivity index (χ0n) is 32.0. The molecule has 0 aliphatic heterocycles. The minimum atomic E-state index is -0.601. The van der Waals surface area contributed by atoms with Gasteiger partial charge < -0.3 is 24.8 Å². The van der Waals surface area contributed by atoms with Gasteiger partial charge in [0.05, 0.1) is 44.3 Å². The van der Waals surface area contributed by atoms with E-state index in [4.69, 9.17) is 14.2 Å². The first-order valence-corrected chi connectivity index (χ1v) is 20.4. The second-order valence-corrected chi connectivity index (χ2v) is 16.5. The Labute approximate surface area is 329 Å². The lowest BCUT2D eigenvalue weighted by Gasteiger charge is -2.22. The number of carbonyl (C=O) groups excluding carboxylic acids is 3. The summed E-state index contributed by atoms with van der Waals surface area (Å²) in [6, 6.07) is 13.7. The minimum absolute atomic E-state index is 0.0355. The molecular formula is C41H48N6O6S2. The van der Waals surface area contributed by atoms with E-state index < -0.39 is 17.8 Å². The normalized spacial score (nSPS) is 13.3. The Morgan fingerprint density at radius 3 is 2.44 bits per heavy atom. The van der Waals surface area contributed by atoms with Gasteiger partial charge in [0.1, 0.15) is 17.5 Å². The summed E-state index contributed by atoms with van der Waals surface area (Å²) in [5.74, 6) is 0.536. The van der Waals surface area contributed by atoms with Crippen molar-refractivity contribution in [1.82, 2.24) is 20.3 Å². The highest BCUT2D eigenvalue weighted by Gasteiger charge is 2.20. The van der Waals surface area contributed by atoms with Crippen LogP contribution in [0.1, 0.15) is 89.1 Å². The summed E-state index contributed by atoms with van der Waals surface area (Å²) >= 11 is 2.97. The molecule has 2 aromatic carbocycles. The zero-order valence-corrected chi connectivity index (χ0v) is 33.6. The Kier molecular flexibility index (Phi) is 13.0. The van der Waals surface area contributed by atoms with Gasteiger partial charge in [0, 0.05) is 30.3 Å². The van der Waals surface area contributed by atoms with Crippen LogP contribution in [0.5, 0.6) is 5.75 Å². The third kappa shape index (κ3) is 11.2. The van der Waals surface area contributed by atoms with Crippen LogP contribution in [0.4, 0.5) is 20.4 Å². The number of hydrogen-bond donors (Lipinski definition) is 3. The standard InChI is InChI=1S/C41H48N6O6S2/c1-25-33(46-40(50)52-31-11-7-6-8-12-31)19-30(23-42-25)27-16-17-32-35(21-27)55-38(45-32)47-36(48)13-9-10-18-51-34-20-28(37-26(2)44-24-54-37)14-15-29(34)22-43-39(49)53-41(3,4)5/h14-17,19-21,23-24,31H,6-13,18,22H2,1-5H3,(H,43,49)(H,46,50)(H,45,47,48). The molecule has 5 aromatic rings. The molecule has 1 saturated carbocycles. The molecule has 0 unspecified atom stereocenters. The molecule has 3 aromatic heterocycles. The molecule has 3 amide bonds. The number of benzene rings is 2. The molecule has 0 radical (unpaired) electrons. The molecule has 0 bridgehead atoms. The Bertz CT molecular complexity index is 2140. The van der Waals surface area contributed by atoms with Crippen LogP contribution in [0.3, 0.4) is 0 Å². The molecule has 290 valence electrons. The molecule has 1 aliphatic carbocycles. The van der Waals surface area contributed by atoms with Crippen molar-refractivity contribution in [3.63, 3.8) is 0 Å². The lowest BCUT2D eigenvalue weighted by molar-refractivity contribution is -0.116. The fraction of sp³-hybridized carbons (Fsp3) is 0.415. The van der Waals surface area contributed by atoms with E-state index in [1.165, 1.54) is 17.8 Å². The second kappa shape index (κ2) is 18.0. The number of nitrogens with zero attached hydrogens (tertiary/aromatic N) is 3. The molecule has 1 fully saturated rings. The highest BCUT2D eigenvalue weighted by molar-refractivity contribution is 7.22. The number of fused-ring (bicyclic) bond motifs is 1. The fourth-order valence-electron chi connectivity index (χ4n) is 6.24. The maximum Gasteiger partial charge on any atom is 0.411 e. The predicted molar refractivity (Wildman–Crippen MR) is 218 cm³/mol. The lowest BCUT2D eigenvalue weighted by atomic mass is 9.98. The first kappa shape index (κ1) is 39.6. The number of anilines is 2. The number of hydrogen-bond acceptors (Lipinski definition) is 11. The number of aromatic nitrogens is 3. The fourth-order valence-corrected chi connectivity index (χ4v) is 7.96. The highest BCUT2D eigenvalue weighted by Crippen LogP contribution is 2.34. The van der Waals surface area contributed by atoms with Crippen LogP contribution in [0.2, 0.25) is 0 Å². The maximum atomic E-state index is 12.9. The predicted octanol–water partition coefficient (Wildman–Crippen LogP) is 10.2. The van der Waals surface area contributed by atoms with Crippen LogP contribution in [-0.2, 0) is 20.8 Å². The zero-order chi connectivity index (χ0) is 39.0. The van der Waals surface area contributed by atoms with Gasteiger partial charge in [-0.3, -0.25) is 15.1 Å². The van der Waals surface area contributed by atoms with E-state index in [1.54, 1.807) is 17.5 Å². The molecule has 3 N–H and O–H groups in total. The van der Waals surface area contributed by atoms with Crippen molar-refractivity contribution >= 4 is 61.8 Å². The molecule has 14 heteroatoms. The van der Waals surface area contributed by atoms with Gasteiger partial charge in [-0.1, -0.05) is 36.0 Å². The van der Waals surface area contributed by atoms with Gasteiger partial charge in [0.15, 0.2) is 5.13 Å². The average Bonchev–Trinajstić information content (AvgIpc) is 3.76. The summed E-state index contributed by atoms with van der Waals surface area (Å²) < 4.78 is 18.2. The molecule has 1 aliphatic rings. The van der Waals surface area contributed by atoms with Crippen molar-refractivity contribution in [2.24, 2.45) is 0 Å². The average molecular weight is 785 g/mol. The van der Waals surface area contributed by atoms with E-state index in [2.05, 4.69) is 30.9 Å². The maximum absolute atomic E-state index is 12.9. The van der Waals surface area contributed by atoms with E-state index in [9.17, 15) is 14.4 Å². The summed E-state index contributed by atoms with van der Waals surface area (Å²) in [5, 5.41) is 9.17. The van der Waals surface area contributed by atoms with Crippen LogP contribution in [0.25, 0.3) is 31.8 Å². The van der Waals surface area contributed by atoms with Crippen LogP contribution < -0.4 is 20.7 Å². The summed E-state index contributed by atoms with van der Waals surface area (Å²) in [5.41, 5.74) is 7.81. The molecule has 0 saturated heterocycles. The van der Waals surface area contributed by atoms with Crippen molar-refractivity contribution in [3.8, 4) is 27.3 Å². The largest absolute Gasteiger partial charge is 0.493 e. The number of thiazole rings is 2. The van der Waals surface area contributed by atoms with E-state index in [0.717, 1.165) is 68.7 Å². The topological polar surface area (TPSA) is 154 Å². The number of pyridine rings is 1. The Balaban J connectivity index is 1.01. The van der Waals surface area contributed by atoms with Gasteiger partial charge in [-0.2, -0.15) is 0 Å². The Morgan fingerprint density at radius 1 is 0.873 bits per heavy atom. The number of ether oxygens (including phenoxy) is 3. The molecule has 0 atom stereocenters. The first-order chi connectivity index (χ1) is 26.4. The van der Waals surface area contributed by atoms with Crippen molar-refractivity contribution in [2.45, 2.75) is 104 Å². The number of amides is 3. The summed E-state index contributed by atoms with van der Waals surface area (Å²) in [6.07, 6.45) is 7.54. The second-order valence-electron chi connectivity index (χ2n) is 14.6. The quantitative estimate of drug-likeness (QED) is 0.0990. The summed E-state index contributed by atoms with van der Waals surface area (Å²) in [6.45, 7) is 9.93. The van der Waals surface area contributed by atoms with Gasteiger partial charge in [-0.25, -0.2) is 19.6 Å². The third-order valence-corrected chi connectivity index (χ3v) is 11.0. The number of carbonyl (C=O) groups is 3. The molecule has 0 spiro atoms. The van der Waals surface area contributed by atoms with Crippen LogP contribution in [0.15, 0.2) is 54.2 Å². The van der Waals surface area contributed by atoms with Crippen LogP contribution >= 0.6 is 22.7 Å². The third-order valence-electron chi connectivity index (χ3n) is 9.07. The SMILES string of the molecule is Cc1ncc(-c2ccc3nc(NC(=O)CCCCOc4cc(-c5scnc5C)ccc4CNC(=O)OC(C)(C)C)sc3c2)cc1NC(=O)OC1CCCCC1. The van der Waals surface area contributed by atoms with Crippen LogP contribution in [-0.4, -0.2) is 51.4 Å². The number of aryl methyl sites for hydroxylation is 2. The number of unbranched alkanes of at least 4 members (excludes halogenated alkanes) is 1. The first-order valence-electron chi connectivity index (χ1n) is 18.7. The van der Waals surface area contributed by atoms with Crippen LogP contribution in [0, 0.1) is 13.8 Å². The number of nitrogens with one attached hydrogen (secondary N) is 3. The number of rotatable bonds is 13. The summed E-state index contributed by atoms with van der Waals surface area (Å²) in [4.78, 5) is 52.4. The molecule has 6 rings (SSSR count). The van der Waals surface area contributed by atoms with E-state index in [0.29, 0.717) is 48.1 Å². The van der Waals surface area contributed by atoms with Gasteiger partial charge >= 0.3 is 12.2 Å². The van der Waals surface area contributed by atoms with E-state index in [-0.39, 0.29) is 18.6 Å². The highest BCUT2D eigenvalue weighted by atomic mass is 32.1. The lowest BCUT2D eigenvalue weighted by Crippen LogP contribution is -2.32. The Morgan fingerprint density at radius 2 is 1.67 bits per heavy atom. The van der Waals surface area contributed by atoms with Gasteiger partial charge in [0.25, 0.3) is 0 Å². The molecule has 3 heterocycles. The van der Waals surface area contributed by atoms with Crippen molar-refractivity contribution in [2.75, 3.05) is 17.2 Å². The smallest absolute Gasteiger partial charge is 0.411 e. The van der Waals surface area contributed by atoms with Gasteiger partial charge in [-0.15, -0.1) is 11.3 Å². The Hall–Kier alpha value is -5.08. The van der Waals surface area contributed by atoms with Gasteiger partial charge in [-0.05, 0) is 109 Å². The van der Waals surface area contributed by atoms with E-state index in [1.807, 2.05) is 82.6 Å². The molecule has 12 nitrogen and oxygen atoms in total. The molecular weight excluding hydrogens is 737 g/mol. The monoisotopic (exact) mass is 784 g/mol. The number of alkyl carbamates (subject to hydrolysis) is 1. The molecule has 55 heavy (non-hydrogen) atoms. The van der Waals surface area contributed by atoms with Crippen molar-refractivity contribution in [1.29, 1.82) is 0 Å². The van der Waals surface area contributed by atoms with Crippen molar-refractivity contribution in [3.05, 3.63) is 71.1 Å². The van der Waals surface area contributed by atoms with Gasteiger partial charge in [0.2, 0.25) is 5.91 Å².